The molecule has 0 amide bonds. The summed E-state index contributed by atoms with van der Waals surface area (Å²) in [5, 5.41) is 0.222. The normalized spacial score (nSPS) is 19.6. The van der Waals surface area contributed by atoms with Crippen molar-refractivity contribution in [3.8, 4) is 0 Å². The molecular formula is C17H23N5O4S. The van der Waals surface area contributed by atoms with Crippen molar-refractivity contribution < 1.29 is 8.42 Å². The van der Waals surface area contributed by atoms with Gasteiger partial charge in [0.2, 0.25) is 10.0 Å². The molecule has 0 atom stereocenters. The average Bonchev–Trinajstić information content (AvgIpc) is 3.12. The molecule has 1 aliphatic heterocycles. The summed E-state index contributed by atoms with van der Waals surface area (Å²) in [6, 6.07) is 4.32. The van der Waals surface area contributed by atoms with Gasteiger partial charge in [0, 0.05) is 38.1 Å². The van der Waals surface area contributed by atoms with E-state index in [0.29, 0.717) is 18.6 Å². The molecule has 3 N–H and O–H groups in total. The Bertz CT molecular complexity index is 1120. The van der Waals surface area contributed by atoms with Gasteiger partial charge in [0.25, 0.3) is 5.56 Å². The molecule has 1 aliphatic carbocycles. The van der Waals surface area contributed by atoms with E-state index in [1.807, 2.05) is 6.92 Å². The van der Waals surface area contributed by atoms with E-state index >= 15 is 0 Å². The molecule has 2 fully saturated rings. The molecule has 27 heavy (non-hydrogen) atoms. The van der Waals surface area contributed by atoms with Crippen LogP contribution in [0.2, 0.25) is 0 Å². The van der Waals surface area contributed by atoms with Gasteiger partial charge in [-0.1, -0.05) is 0 Å². The van der Waals surface area contributed by atoms with Gasteiger partial charge in [-0.2, -0.15) is 0 Å². The first-order valence-corrected chi connectivity index (χ1v) is 10.4. The quantitative estimate of drug-likeness (QED) is 0.616. The van der Waals surface area contributed by atoms with Crippen LogP contribution >= 0.6 is 0 Å². The van der Waals surface area contributed by atoms with Crippen LogP contribution in [0.4, 0.5) is 0 Å². The predicted molar refractivity (Wildman–Crippen MR) is 101 cm³/mol. The highest BCUT2D eigenvalue weighted by atomic mass is 32.2. The van der Waals surface area contributed by atoms with Crippen molar-refractivity contribution in [2.75, 3.05) is 13.1 Å². The summed E-state index contributed by atoms with van der Waals surface area (Å²) in [7, 11) is -2.14. The second-order valence-electron chi connectivity index (χ2n) is 7.73. The maximum absolute atomic E-state index is 13.0. The minimum absolute atomic E-state index is 0.0367. The summed E-state index contributed by atoms with van der Waals surface area (Å²) in [5.74, 6) is 0.108. The van der Waals surface area contributed by atoms with Gasteiger partial charge in [-0.25, -0.2) is 17.9 Å². The molecule has 146 valence electrons. The van der Waals surface area contributed by atoms with Gasteiger partial charge < -0.3 is 0 Å². The molecule has 0 unspecified atom stereocenters. The fourth-order valence-corrected chi connectivity index (χ4v) is 4.88. The van der Waals surface area contributed by atoms with E-state index in [-0.39, 0.29) is 22.7 Å². The summed E-state index contributed by atoms with van der Waals surface area (Å²) in [6.07, 6.45) is 1.59. The Morgan fingerprint density at radius 1 is 1.22 bits per heavy atom. The van der Waals surface area contributed by atoms with E-state index in [9.17, 15) is 18.0 Å². The standard InChI is InChI=1S/C17H23N5O4S/c1-17(5-6-17)20-27(25,26)12-3-4-14-13(7-12)15(23)22(16(24)21(14)2)10-11-8-18-19-9-11/h3-4,7,11,18-20H,5-6,8-10H2,1-2H3. The molecule has 1 saturated heterocycles. The lowest BCUT2D eigenvalue weighted by Gasteiger charge is -2.15. The Labute approximate surface area is 156 Å². The predicted octanol–water partition coefficient (Wildman–Crippen LogP) is -0.745. The Hall–Kier alpha value is -2.01. The maximum atomic E-state index is 13.0. The number of aromatic nitrogens is 2. The zero-order valence-electron chi connectivity index (χ0n) is 15.3. The molecule has 9 nitrogen and oxygen atoms in total. The topological polar surface area (TPSA) is 114 Å². The van der Waals surface area contributed by atoms with E-state index < -0.39 is 26.8 Å². The number of sulfonamides is 1. The van der Waals surface area contributed by atoms with Crippen LogP contribution in [0.3, 0.4) is 0 Å². The molecule has 4 rings (SSSR count). The summed E-state index contributed by atoms with van der Waals surface area (Å²) in [5.41, 5.74) is 5.10. The largest absolute Gasteiger partial charge is 0.331 e. The smallest absolute Gasteiger partial charge is 0.296 e. The highest BCUT2D eigenvalue weighted by molar-refractivity contribution is 7.89. The van der Waals surface area contributed by atoms with Crippen molar-refractivity contribution in [2.24, 2.45) is 13.0 Å². The number of hydrogen-bond donors (Lipinski definition) is 3. The van der Waals surface area contributed by atoms with Gasteiger partial charge in [0.05, 0.1) is 15.8 Å². The van der Waals surface area contributed by atoms with Crippen molar-refractivity contribution in [3.63, 3.8) is 0 Å². The zero-order chi connectivity index (χ0) is 19.4. The van der Waals surface area contributed by atoms with Gasteiger partial charge in [-0.05, 0) is 38.0 Å². The van der Waals surface area contributed by atoms with Crippen molar-refractivity contribution in [2.45, 2.75) is 36.7 Å². The van der Waals surface area contributed by atoms with Crippen LogP contribution in [0.15, 0.2) is 32.7 Å². The number of benzene rings is 1. The summed E-state index contributed by atoms with van der Waals surface area (Å²) >= 11 is 0. The van der Waals surface area contributed by atoms with Crippen molar-refractivity contribution in [3.05, 3.63) is 39.0 Å². The first-order valence-electron chi connectivity index (χ1n) is 8.93. The lowest BCUT2D eigenvalue weighted by molar-refractivity contribution is 0.468. The number of aryl methyl sites for hydroxylation is 1. The molecule has 0 bridgehead atoms. The Kier molecular flexibility index (Phi) is 4.26. The van der Waals surface area contributed by atoms with Gasteiger partial charge in [-0.3, -0.25) is 24.8 Å². The van der Waals surface area contributed by atoms with Gasteiger partial charge in [0.1, 0.15) is 0 Å². The van der Waals surface area contributed by atoms with E-state index in [1.54, 1.807) is 7.05 Å². The number of fused-ring (bicyclic) bond motifs is 1. The summed E-state index contributed by atoms with van der Waals surface area (Å²) < 4.78 is 30.6. The Balaban J connectivity index is 1.82. The second kappa shape index (κ2) is 6.26. The fourth-order valence-electron chi connectivity index (χ4n) is 3.39. The highest BCUT2D eigenvalue weighted by Gasteiger charge is 2.41. The van der Waals surface area contributed by atoms with Crippen LogP contribution < -0.4 is 26.8 Å². The van der Waals surface area contributed by atoms with Gasteiger partial charge in [-0.15, -0.1) is 0 Å². The van der Waals surface area contributed by atoms with Crippen molar-refractivity contribution in [1.29, 1.82) is 0 Å². The first-order chi connectivity index (χ1) is 12.7. The number of nitrogens with zero attached hydrogens (tertiary/aromatic N) is 2. The first kappa shape index (κ1) is 18.4. The molecular weight excluding hydrogens is 370 g/mol. The van der Waals surface area contributed by atoms with E-state index in [2.05, 4.69) is 15.6 Å². The fraction of sp³-hybridized carbons (Fsp3) is 0.529. The number of rotatable bonds is 5. The van der Waals surface area contributed by atoms with Crippen LogP contribution in [0.25, 0.3) is 10.9 Å². The third kappa shape index (κ3) is 3.33. The molecule has 2 aliphatic rings. The van der Waals surface area contributed by atoms with E-state index in [4.69, 9.17) is 0 Å². The van der Waals surface area contributed by atoms with Crippen LogP contribution in [0, 0.1) is 5.92 Å². The molecule has 10 heteroatoms. The zero-order valence-corrected chi connectivity index (χ0v) is 16.1. The molecule has 2 heterocycles. The SMILES string of the molecule is Cn1c(=O)n(CC2CNNC2)c(=O)c2cc(S(=O)(=O)NC3(C)CC3)ccc21. The van der Waals surface area contributed by atoms with Crippen LogP contribution in [0.1, 0.15) is 19.8 Å². The third-order valence-electron chi connectivity index (χ3n) is 5.36. The summed E-state index contributed by atoms with van der Waals surface area (Å²) in [4.78, 5) is 25.6. The van der Waals surface area contributed by atoms with Crippen molar-refractivity contribution in [1.82, 2.24) is 24.7 Å². The number of nitrogens with one attached hydrogen (secondary N) is 3. The van der Waals surface area contributed by atoms with E-state index in [1.165, 1.54) is 27.3 Å². The lowest BCUT2D eigenvalue weighted by atomic mass is 10.1. The lowest BCUT2D eigenvalue weighted by Crippen LogP contribution is -2.41. The molecule has 1 aromatic heterocycles. The average molecular weight is 393 g/mol. The molecule has 1 saturated carbocycles. The minimum atomic E-state index is -3.73. The molecule has 2 aromatic rings. The molecule has 0 spiro atoms. The van der Waals surface area contributed by atoms with Gasteiger partial charge >= 0.3 is 5.69 Å². The Morgan fingerprint density at radius 2 is 1.89 bits per heavy atom. The van der Waals surface area contributed by atoms with Crippen LogP contribution in [-0.2, 0) is 23.6 Å². The third-order valence-corrected chi connectivity index (χ3v) is 7.00. The second-order valence-corrected chi connectivity index (χ2v) is 9.41. The van der Waals surface area contributed by atoms with Crippen LogP contribution in [0.5, 0.6) is 0 Å². The minimum Gasteiger partial charge on any atom is -0.296 e. The number of hydrogen-bond acceptors (Lipinski definition) is 6. The molecule has 0 radical (unpaired) electrons. The summed E-state index contributed by atoms with van der Waals surface area (Å²) in [6.45, 7) is 3.44. The van der Waals surface area contributed by atoms with Crippen molar-refractivity contribution >= 4 is 20.9 Å². The Morgan fingerprint density at radius 3 is 2.52 bits per heavy atom. The van der Waals surface area contributed by atoms with Crippen LogP contribution in [-0.4, -0.2) is 36.2 Å². The van der Waals surface area contributed by atoms with E-state index in [0.717, 1.165) is 12.8 Å². The highest BCUT2D eigenvalue weighted by Crippen LogP contribution is 2.36. The molecule has 1 aromatic carbocycles. The number of hydrazine groups is 1. The monoisotopic (exact) mass is 393 g/mol. The van der Waals surface area contributed by atoms with Gasteiger partial charge in [0.15, 0.2) is 0 Å². The maximum Gasteiger partial charge on any atom is 0.331 e.